The molecule has 0 bridgehead atoms. The molecule has 0 saturated heterocycles. The molecule has 98 valence electrons. The van der Waals surface area contributed by atoms with Gasteiger partial charge >= 0.3 is 0 Å². The van der Waals surface area contributed by atoms with Crippen molar-refractivity contribution >= 4 is 11.4 Å². The lowest BCUT2D eigenvalue weighted by molar-refractivity contribution is 0.757. The zero-order valence-corrected chi connectivity index (χ0v) is 11.5. The van der Waals surface area contributed by atoms with Crippen LogP contribution in [0.2, 0.25) is 0 Å². The van der Waals surface area contributed by atoms with E-state index in [1.807, 2.05) is 12.4 Å². The first-order valence-electron chi connectivity index (χ1n) is 7.11. The summed E-state index contributed by atoms with van der Waals surface area (Å²) in [5.74, 6) is 0.705. The summed E-state index contributed by atoms with van der Waals surface area (Å²) in [5, 5.41) is 0. The highest BCUT2D eigenvalue weighted by molar-refractivity contribution is 6.08. The fraction of sp³-hybridized carbons (Fsp3) is 0.222. The largest absolute Gasteiger partial charge is 0.260 e. The van der Waals surface area contributed by atoms with Crippen molar-refractivity contribution in [3.63, 3.8) is 0 Å². The third-order valence-electron chi connectivity index (χ3n) is 4.38. The van der Waals surface area contributed by atoms with Crippen LogP contribution in [0.1, 0.15) is 13.3 Å². The number of allylic oxidation sites excluding steroid dienone is 10. The Balaban J connectivity index is 1.62. The molecular formula is C18H16N2. The van der Waals surface area contributed by atoms with Crippen LogP contribution in [0.25, 0.3) is 0 Å². The number of hydrogen-bond acceptors (Lipinski definition) is 2. The van der Waals surface area contributed by atoms with Crippen LogP contribution in [0.4, 0.5) is 0 Å². The van der Waals surface area contributed by atoms with E-state index in [1.165, 1.54) is 22.4 Å². The molecule has 0 fully saturated rings. The van der Waals surface area contributed by atoms with Gasteiger partial charge in [0.1, 0.15) is 0 Å². The maximum Gasteiger partial charge on any atom is 0.0517 e. The molecule has 0 aromatic carbocycles. The molecule has 2 aliphatic heterocycles. The molecular weight excluding hydrogens is 244 g/mol. The predicted molar refractivity (Wildman–Crippen MR) is 83.8 cm³/mol. The van der Waals surface area contributed by atoms with Gasteiger partial charge in [0.15, 0.2) is 0 Å². The van der Waals surface area contributed by atoms with Gasteiger partial charge in [-0.15, -0.1) is 0 Å². The average Bonchev–Trinajstić information content (AvgIpc) is 3.11. The molecule has 0 saturated carbocycles. The van der Waals surface area contributed by atoms with Crippen molar-refractivity contribution in [3.8, 4) is 0 Å². The molecule has 20 heavy (non-hydrogen) atoms. The molecule has 2 nitrogen and oxygen atoms in total. The quantitative estimate of drug-likeness (QED) is 0.718. The van der Waals surface area contributed by atoms with Crippen molar-refractivity contribution in [2.75, 3.05) is 0 Å². The van der Waals surface area contributed by atoms with Gasteiger partial charge in [-0.05, 0) is 17.2 Å². The minimum Gasteiger partial charge on any atom is -0.260 e. The van der Waals surface area contributed by atoms with Crippen LogP contribution in [0, 0.1) is 11.8 Å². The van der Waals surface area contributed by atoms with E-state index in [1.54, 1.807) is 0 Å². The zero-order chi connectivity index (χ0) is 13.5. The Labute approximate surface area is 119 Å². The van der Waals surface area contributed by atoms with E-state index in [2.05, 4.69) is 59.4 Å². The van der Waals surface area contributed by atoms with E-state index >= 15 is 0 Å². The Morgan fingerprint density at radius 3 is 3.05 bits per heavy atom. The Morgan fingerprint density at radius 1 is 1.15 bits per heavy atom. The molecule has 4 aliphatic rings. The number of hydrogen-bond donors (Lipinski definition) is 0. The van der Waals surface area contributed by atoms with Gasteiger partial charge in [-0.3, -0.25) is 9.98 Å². The van der Waals surface area contributed by atoms with Crippen molar-refractivity contribution < 1.29 is 0 Å². The molecule has 2 heteroatoms. The summed E-state index contributed by atoms with van der Waals surface area (Å²) >= 11 is 0. The van der Waals surface area contributed by atoms with Gasteiger partial charge in [-0.2, -0.15) is 0 Å². The van der Waals surface area contributed by atoms with E-state index < -0.39 is 0 Å². The van der Waals surface area contributed by atoms with Crippen molar-refractivity contribution in [1.82, 2.24) is 0 Å². The van der Waals surface area contributed by atoms with E-state index in [0.717, 1.165) is 12.1 Å². The van der Waals surface area contributed by atoms with E-state index in [0.29, 0.717) is 11.8 Å². The van der Waals surface area contributed by atoms with Crippen LogP contribution in [0.5, 0.6) is 0 Å². The summed E-state index contributed by atoms with van der Waals surface area (Å²) in [4.78, 5) is 9.13. The first kappa shape index (κ1) is 11.6. The second kappa shape index (κ2) is 4.41. The minimum absolute atomic E-state index is 0.347. The zero-order valence-electron chi connectivity index (χ0n) is 11.5. The number of fused-ring (bicyclic) bond motifs is 2. The van der Waals surface area contributed by atoms with Gasteiger partial charge in [0, 0.05) is 36.2 Å². The monoisotopic (exact) mass is 260 g/mol. The van der Waals surface area contributed by atoms with Crippen LogP contribution >= 0.6 is 0 Å². The Hall–Kier alpha value is -2.22. The van der Waals surface area contributed by atoms with Gasteiger partial charge in [0.25, 0.3) is 0 Å². The molecule has 0 aromatic heterocycles. The fourth-order valence-electron chi connectivity index (χ4n) is 3.22. The molecule has 0 N–H and O–H groups in total. The van der Waals surface area contributed by atoms with Crippen LogP contribution in [-0.2, 0) is 0 Å². The molecule has 2 unspecified atom stereocenters. The first-order valence-corrected chi connectivity index (χ1v) is 7.11. The average molecular weight is 260 g/mol. The van der Waals surface area contributed by atoms with Gasteiger partial charge < -0.3 is 0 Å². The summed E-state index contributed by atoms with van der Waals surface area (Å²) < 4.78 is 0. The maximum absolute atomic E-state index is 4.57. The summed E-state index contributed by atoms with van der Waals surface area (Å²) in [6.07, 6.45) is 20.0. The smallest absolute Gasteiger partial charge is 0.0517 e. The van der Waals surface area contributed by atoms with Crippen molar-refractivity contribution in [3.05, 3.63) is 71.7 Å². The fourth-order valence-corrected chi connectivity index (χ4v) is 3.22. The SMILES string of the molecule is CC(C1=CN=C2CC=CC=C12)C1=CN=C2C=CC=CC12. The highest BCUT2D eigenvalue weighted by atomic mass is 14.8. The van der Waals surface area contributed by atoms with E-state index in [4.69, 9.17) is 0 Å². The Morgan fingerprint density at radius 2 is 2.10 bits per heavy atom. The summed E-state index contributed by atoms with van der Waals surface area (Å²) in [6, 6.07) is 0. The second-order valence-corrected chi connectivity index (χ2v) is 5.50. The molecule has 0 spiro atoms. The van der Waals surface area contributed by atoms with Crippen LogP contribution in [0.3, 0.4) is 0 Å². The normalized spacial score (nSPS) is 27.2. The molecule has 2 atom stereocenters. The summed E-state index contributed by atoms with van der Waals surface area (Å²) in [5.41, 5.74) is 6.37. The van der Waals surface area contributed by atoms with Crippen molar-refractivity contribution in [2.45, 2.75) is 13.3 Å². The molecule has 2 aliphatic carbocycles. The highest BCUT2D eigenvalue weighted by Gasteiger charge is 2.31. The van der Waals surface area contributed by atoms with Gasteiger partial charge in [0.2, 0.25) is 0 Å². The molecule has 4 rings (SSSR count). The van der Waals surface area contributed by atoms with E-state index in [9.17, 15) is 0 Å². The number of aliphatic imine (C=N–C) groups is 2. The second-order valence-electron chi connectivity index (χ2n) is 5.50. The Kier molecular flexibility index (Phi) is 2.56. The molecule has 0 aromatic rings. The van der Waals surface area contributed by atoms with E-state index in [-0.39, 0.29) is 0 Å². The topological polar surface area (TPSA) is 24.7 Å². The number of nitrogens with zero attached hydrogens (tertiary/aromatic N) is 2. The molecule has 0 radical (unpaired) electrons. The minimum atomic E-state index is 0.347. The lowest BCUT2D eigenvalue weighted by Gasteiger charge is -2.22. The third-order valence-corrected chi connectivity index (χ3v) is 4.38. The van der Waals surface area contributed by atoms with Gasteiger partial charge in [-0.25, -0.2) is 0 Å². The third kappa shape index (κ3) is 1.64. The molecule has 2 heterocycles. The van der Waals surface area contributed by atoms with Crippen LogP contribution < -0.4 is 0 Å². The lowest BCUT2D eigenvalue weighted by Crippen LogP contribution is -2.17. The van der Waals surface area contributed by atoms with Gasteiger partial charge in [-0.1, -0.05) is 43.4 Å². The van der Waals surface area contributed by atoms with Gasteiger partial charge in [0.05, 0.1) is 11.4 Å². The standard InChI is InChI=1S/C18H16N2/c1-12(15-10-19-17-8-4-2-6-13(15)17)16-11-20-18-9-5-3-7-14(16)18/h2-8,10-13H,9H2,1H3. The van der Waals surface area contributed by atoms with Crippen LogP contribution in [-0.4, -0.2) is 11.4 Å². The lowest BCUT2D eigenvalue weighted by atomic mass is 9.79. The first-order chi connectivity index (χ1) is 9.84. The predicted octanol–water partition coefficient (Wildman–Crippen LogP) is 3.93. The maximum atomic E-state index is 4.57. The summed E-state index contributed by atoms with van der Waals surface area (Å²) in [6.45, 7) is 2.26. The number of rotatable bonds is 2. The summed E-state index contributed by atoms with van der Waals surface area (Å²) in [7, 11) is 0. The Bertz CT molecular complexity index is 706. The van der Waals surface area contributed by atoms with Crippen LogP contribution in [0.15, 0.2) is 81.6 Å². The van der Waals surface area contributed by atoms with Crippen molar-refractivity contribution in [1.29, 1.82) is 0 Å². The van der Waals surface area contributed by atoms with Crippen molar-refractivity contribution in [2.24, 2.45) is 21.8 Å². The molecule has 0 amide bonds. The highest BCUT2D eigenvalue weighted by Crippen LogP contribution is 2.39.